The Balaban J connectivity index is 1.46. The van der Waals surface area contributed by atoms with Gasteiger partial charge < -0.3 is 10.1 Å². The van der Waals surface area contributed by atoms with Crippen molar-refractivity contribution in [2.45, 2.75) is 58.7 Å². The molecular weight excluding hydrogens is 502 g/mol. The van der Waals surface area contributed by atoms with Crippen LogP contribution in [0, 0.1) is 22.7 Å². The number of amides is 1. The van der Waals surface area contributed by atoms with E-state index in [1.165, 1.54) is 16.6 Å². The first-order valence-electron chi connectivity index (χ1n) is 12.5. The zero-order valence-corrected chi connectivity index (χ0v) is 23.5. The fourth-order valence-corrected chi connectivity index (χ4v) is 6.64. The van der Waals surface area contributed by atoms with E-state index in [4.69, 9.17) is 4.74 Å². The molecule has 0 radical (unpaired) electrons. The van der Waals surface area contributed by atoms with Crippen molar-refractivity contribution in [3.05, 3.63) is 52.9 Å². The zero-order valence-electron chi connectivity index (χ0n) is 21.8. The molecule has 1 atom stereocenters. The van der Waals surface area contributed by atoms with E-state index < -0.39 is 0 Å². The molecule has 0 saturated carbocycles. The lowest BCUT2D eigenvalue weighted by molar-refractivity contribution is -0.113. The lowest BCUT2D eigenvalue weighted by atomic mass is 9.72. The number of hydrogen-bond acceptors (Lipinski definition) is 7. The summed E-state index contributed by atoms with van der Waals surface area (Å²) < 4.78 is 7.47. The Morgan fingerprint density at radius 1 is 1.35 bits per heavy atom. The van der Waals surface area contributed by atoms with Crippen LogP contribution in [0.3, 0.4) is 0 Å². The molecule has 9 heteroatoms. The number of carbonyl (C=O) groups is 1. The Morgan fingerprint density at radius 2 is 2.11 bits per heavy atom. The Labute approximate surface area is 226 Å². The number of rotatable bonds is 9. The van der Waals surface area contributed by atoms with E-state index in [0.29, 0.717) is 40.6 Å². The standard InChI is InChI=1S/C28H33N5O2S2/c1-6-14-33-25(18-8-11-20(12-9-18)35-7-2)31-32-27(33)36-17-24(34)30-26-22(16-29)21-13-10-19(28(3,4)5)15-23(21)37-26/h6,8-9,11-12,19H,1,7,10,13-15,17H2,2-5H3,(H,30,34). The van der Waals surface area contributed by atoms with Crippen LogP contribution in [0.4, 0.5) is 5.00 Å². The maximum absolute atomic E-state index is 12.9. The molecule has 7 nitrogen and oxygen atoms in total. The Morgan fingerprint density at radius 3 is 2.76 bits per heavy atom. The number of ether oxygens (including phenoxy) is 1. The molecular formula is C28H33N5O2S2. The summed E-state index contributed by atoms with van der Waals surface area (Å²) >= 11 is 2.87. The number of allylic oxidation sites excluding steroid dienone is 1. The number of carbonyl (C=O) groups excluding carboxylic acids is 1. The SMILES string of the molecule is C=CCn1c(SCC(=O)Nc2sc3c(c2C#N)CCC(C(C)(C)C)C3)nnc1-c1ccc(OCC)cc1. The van der Waals surface area contributed by atoms with Crippen molar-refractivity contribution in [3.63, 3.8) is 0 Å². The fourth-order valence-electron chi connectivity index (χ4n) is 4.59. The minimum Gasteiger partial charge on any atom is -0.494 e. The van der Waals surface area contributed by atoms with E-state index in [1.54, 1.807) is 17.4 Å². The Hall–Kier alpha value is -3.09. The summed E-state index contributed by atoms with van der Waals surface area (Å²) in [7, 11) is 0. The largest absolute Gasteiger partial charge is 0.494 e. The fraction of sp³-hybridized carbons (Fsp3) is 0.429. The van der Waals surface area contributed by atoms with Crippen molar-refractivity contribution in [2.75, 3.05) is 17.7 Å². The minimum atomic E-state index is -0.164. The molecule has 194 valence electrons. The highest BCUT2D eigenvalue weighted by molar-refractivity contribution is 7.99. The van der Waals surface area contributed by atoms with Crippen LogP contribution >= 0.6 is 23.1 Å². The highest BCUT2D eigenvalue weighted by Crippen LogP contribution is 2.44. The van der Waals surface area contributed by atoms with Crippen molar-refractivity contribution in [1.29, 1.82) is 5.26 Å². The number of anilines is 1. The normalized spacial score (nSPS) is 15.1. The molecule has 37 heavy (non-hydrogen) atoms. The van der Waals surface area contributed by atoms with Crippen LogP contribution < -0.4 is 10.1 Å². The van der Waals surface area contributed by atoms with Crippen molar-refractivity contribution in [3.8, 4) is 23.2 Å². The number of thiophene rings is 1. The molecule has 1 N–H and O–H groups in total. The molecule has 0 saturated heterocycles. The van der Waals surface area contributed by atoms with Crippen molar-refractivity contribution in [2.24, 2.45) is 11.3 Å². The second kappa shape index (κ2) is 11.5. The summed E-state index contributed by atoms with van der Waals surface area (Å²) in [6.45, 7) is 13.7. The number of benzene rings is 1. The number of nitrogens with zero attached hydrogens (tertiary/aromatic N) is 4. The van der Waals surface area contributed by atoms with Crippen molar-refractivity contribution >= 4 is 34.0 Å². The van der Waals surface area contributed by atoms with Crippen LogP contribution in [0.1, 0.15) is 50.1 Å². The van der Waals surface area contributed by atoms with Gasteiger partial charge in [0.15, 0.2) is 11.0 Å². The van der Waals surface area contributed by atoms with E-state index in [2.05, 4.69) is 48.9 Å². The molecule has 3 aromatic rings. The van der Waals surface area contributed by atoms with Gasteiger partial charge in [0, 0.05) is 17.0 Å². The molecule has 0 spiro atoms. The van der Waals surface area contributed by atoms with Crippen molar-refractivity contribution < 1.29 is 9.53 Å². The van der Waals surface area contributed by atoms with Crippen molar-refractivity contribution in [1.82, 2.24) is 14.8 Å². The van der Waals surface area contributed by atoms with E-state index in [0.717, 1.165) is 36.1 Å². The van der Waals surface area contributed by atoms with E-state index >= 15 is 0 Å². The lowest BCUT2D eigenvalue weighted by Crippen LogP contribution is -2.26. The molecule has 4 rings (SSSR count). The first-order valence-corrected chi connectivity index (χ1v) is 14.3. The van der Waals surface area contributed by atoms with Gasteiger partial charge in [-0.25, -0.2) is 0 Å². The maximum Gasteiger partial charge on any atom is 0.235 e. The summed E-state index contributed by atoms with van der Waals surface area (Å²) in [6.07, 6.45) is 4.70. The molecule has 0 bridgehead atoms. The van der Waals surface area contributed by atoms with Crippen LogP contribution in [0.25, 0.3) is 11.4 Å². The highest BCUT2D eigenvalue weighted by atomic mass is 32.2. The van der Waals surface area contributed by atoms with Crippen LogP contribution in [-0.4, -0.2) is 33.0 Å². The second-order valence-electron chi connectivity index (χ2n) is 10.1. The van der Waals surface area contributed by atoms with Gasteiger partial charge in [-0.1, -0.05) is 38.6 Å². The molecule has 1 aromatic carbocycles. The van der Waals surface area contributed by atoms with Crippen LogP contribution in [0.2, 0.25) is 0 Å². The number of thioether (sulfide) groups is 1. The Kier molecular flexibility index (Phi) is 8.40. The molecule has 0 aliphatic heterocycles. The number of aromatic nitrogens is 3. The average molecular weight is 536 g/mol. The van der Waals surface area contributed by atoms with Gasteiger partial charge in [0.25, 0.3) is 0 Å². The smallest absolute Gasteiger partial charge is 0.235 e. The third-order valence-electron chi connectivity index (χ3n) is 6.64. The van der Waals surface area contributed by atoms with Gasteiger partial charge in [-0.3, -0.25) is 9.36 Å². The van der Waals surface area contributed by atoms with Gasteiger partial charge in [0.1, 0.15) is 16.8 Å². The number of fused-ring (bicyclic) bond motifs is 1. The van der Waals surface area contributed by atoms with E-state index in [1.807, 2.05) is 35.8 Å². The van der Waals surface area contributed by atoms with Gasteiger partial charge in [0.05, 0.1) is 17.9 Å². The van der Waals surface area contributed by atoms with Gasteiger partial charge in [-0.15, -0.1) is 28.1 Å². The monoisotopic (exact) mass is 535 g/mol. The molecule has 1 aliphatic rings. The summed E-state index contributed by atoms with van der Waals surface area (Å²) in [4.78, 5) is 14.1. The number of hydrogen-bond donors (Lipinski definition) is 1. The summed E-state index contributed by atoms with van der Waals surface area (Å²) in [5, 5.41) is 22.8. The van der Waals surface area contributed by atoms with Gasteiger partial charge in [-0.2, -0.15) is 5.26 Å². The van der Waals surface area contributed by atoms with Gasteiger partial charge in [-0.05, 0) is 67.3 Å². The molecule has 0 fully saturated rings. The van der Waals surface area contributed by atoms with Gasteiger partial charge >= 0.3 is 0 Å². The predicted molar refractivity (Wildman–Crippen MR) is 150 cm³/mol. The first-order chi connectivity index (χ1) is 17.7. The quantitative estimate of drug-likeness (QED) is 0.254. The maximum atomic E-state index is 12.9. The predicted octanol–water partition coefficient (Wildman–Crippen LogP) is 6.34. The van der Waals surface area contributed by atoms with Crippen LogP contribution in [-0.2, 0) is 24.2 Å². The highest BCUT2D eigenvalue weighted by Gasteiger charge is 2.32. The van der Waals surface area contributed by atoms with E-state index in [-0.39, 0.29) is 17.1 Å². The molecule has 1 amide bonds. The second-order valence-corrected chi connectivity index (χ2v) is 12.2. The number of nitriles is 1. The lowest BCUT2D eigenvalue weighted by Gasteiger charge is -2.33. The zero-order chi connectivity index (χ0) is 26.6. The number of nitrogens with one attached hydrogen (secondary N) is 1. The molecule has 2 heterocycles. The molecule has 1 unspecified atom stereocenters. The van der Waals surface area contributed by atoms with Crippen LogP contribution in [0.15, 0.2) is 42.1 Å². The minimum absolute atomic E-state index is 0.163. The topological polar surface area (TPSA) is 92.8 Å². The van der Waals surface area contributed by atoms with Gasteiger partial charge in [0.2, 0.25) is 5.91 Å². The summed E-state index contributed by atoms with van der Waals surface area (Å²) in [5.74, 6) is 2.08. The summed E-state index contributed by atoms with van der Waals surface area (Å²) in [6, 6.07) is 10.0. The first kappa shape index (κ1) is 27.0. The van der Waals surface area contributed by atoms with E-state index in [9.17, 15) is 10.1 Å². The summed E-state index contributed by atoms with van der Waals surface area (Å²) in [5.41, 5.74) is 2.87. The third kappa shape index (κ3) is 6.08. The molecule has 2 aromatic heterocycles. The molecule has 1 aliphatic carbocycles. The average Bonchev–Trinajstić information content (AvgIpc) is 3.43. The third-order valence-corrected chi connectivity index (χ3v) is 8.78. The van der Waals surface area contributed by atoms with Crippen LogP contribution in [0.5, 0.6) is 5.75 Å². The Bertz CT molecular complexity index is 1310.